The van der Waals surface area contributed by atoms with Crippen molar-refractivity contribution in [3.05, 3.63) is 56.4 Å². The number of rotatable bonds is 3. The lowest BCUT2D eigenvalue weighted by molar-refractivity contribution is -0.919. The molecule has 0 bridgehead atoms. The molecule has 0 unspecified atom stereocenters. The fourth-order valence-electron chi connectivity index (χ4n) is 3.76. The molecule has 4 aromatic rings. The van der Waals surface area contributed by atoms with E-state index in [1.165, 1.54) is 36.5 Å². The maximum Gasteiger partial charge on any atom is 0.275 e. The van der Waals surface area contributed by atoms with E-state index in [9.17, 15) is 4.79 Å². The lowest BCUT2D eigenvalue weighted by Gasteiger charge is -2.27. The van der Waals surface area contributed by atoms with Crippen molar-refractivity contribution in [2.75, 3.05) is 13.1 Å². The van der Waals surface area contributed by atoms with Gasteiger partial charge in [0, 0.05) is 30.5 Å². The molecule has 5 rings (SSSR count). The highest BCUT2D eigenvalue weighted by molar-refractivity contribution is 7.18. The van der Waals surface area contributed by atoms with Gasteiger partial charge >= 0.3 is 0 Å². The zero-order valence-electron chi connectivity index (χ0n) is 15.0. The van der Waals surface area contributed by atoms with Crippen LogP contribution in [-0.4, -0.2) is 32.7 Å². The molecule has 8 heteroatoms. The largest absolute Gasteiger partial charge is 0.329 e. The van der Waals surface area contributed by atoms with E-state index < -0.39 is 0 Å². The molecular formula is C19H20N5OS2+. The van der Waals surface area contributed by atoms with Crippen molar-refractivity contribution >= 4 is 37.9 Å². The summed E-state index contributed by atoms with van der Waals surface area (Å²) in [6, 6.07) is 9.92. The number of hydrogen-bond acceptors (Lipinski definition) is 6. The second-order valence-corrected chi connectivity index (χ2v) is 9.25. The van der Waals surface area contributed by atoms with Crippen molar-refractivity contribution in [3.63, 3.8) is 0 Å². The quantitative estimate of drug-likeness (QED) is 0.574. The molecule has 3 aromatic heterocycles. The number of piperidine rings is 1. The first kappa shape index (κ1) is 17.0. The first-order chi connectivity index (χ1) is 13.2. The molecule has 0 atom stereocenters. The van der Waals surface area contributed by atoms with Crippen molar-refractivity contribution in [1.82, 2.24) is 19.6 Å². The second kappa shape index (κ2) is 6.78. The number of benzene rings is 1. The van der Waals surface area contributed by atoms with E-state index in [1.54, 1.807) is 0 Å². The molecule has 1 aromatic carbocycles. The highest BCUT2D eigenvalue weighted by Gasteiger charge is 2.26. The molecule has 0 radical (unpaired) electrons. The Morgan fingerprint density at radius 2 is 2.00 bits per heavy atom. The van der Waals surface area contributed by atoms with Crippen LogP contribution in [0.25, 0.3) is 15.2 Å². The molecule has 1 saturated heterocycles. The number of nitrogens with zero attached hydrogens (tertiary/aromatic N) is 4. The summed E-state index contributed by atoms with van der Waals surface area (Å²) in [6.45, 7) is 4.92. The number of nitrogens with one attached hydrogen (secondary N) is 1. The Labute approximate surface area is 164 Å². The van der Waals surface area contributed by atoms with Gasteiger partial charge < -0.3 is 4.90 Å². The van der Waals surface area contributed by atoms with Crippen LogP contribution in [0.4, 0.5) is 0 Å². The van der Waals surface area contributed by atoms with Gasteiger partial charge in [-0.2, -0.15) is 9.61 Å². The summed E-state index contributed by atoms with van der Waals surface area (Å²) in [4.78, 5) is 23.5. The van der Waals surface area contributed by atoms with E-state index in [4.69, 9.17) is 4.98 Å². The minimum Gasteiger partial charge on any atom is -0.329 e. The Hall–Kier alpha value is -2.16. The number of hydrogen-bond donors (Lipinski definition) is 1. The topological polar surface area (TPSA) is 64.6 Å². The van der Waals surface area contributed by atoms with Crippen molar-refractivity contribution in [3.8, 4) is 0 Å². The normalized spacial score (nSPS) is 20.5. The molecule has 1 aliphatic rings. The van der Waals surface area contributed by atoms with Crippen LogP contribution in [0.15, 0.2) is 35.1 Å². The van der Waals surface area contributed by atoms with Crippen LogP contribution in [0, 0.1) is 6.92 Å². The van der Waals surface area contributed by atoms with E-state index in [0.717, 1.165) is 48.7 Å². The molecule has 0 aliphatic carbocycles. The number of aryl methyl sites for hydroxylation is 1. The van der Waals surface area contributed by atoms with Crippen molar-refractivity contribution in [2.24, 2.45) is 0 Å². The average Bonchev–Trinajstić information content (AvgIpc) is 3.26. The van der Waals surface area contributed by atoms with Crippen LogP contribution in [0.2, 0.25) is 0 Å². The highest BCUT2D eigenvalue weighted by atomic mass is 32.1. The zero-order chi connectivity index (χ0) is 18.4. The minimum absolute atomic E-state index is 0.0930. The van der Waals surface area contributed by atoms with Crippen molar-refractivity contribution in [1.29, 1.82) is 0 Å². The third kappa shape index (κ3) is 3.28. The van der Waals surface area contributed by atoms with Gasteiger partial charge in [-0.15, -0.1) is 11.3 Å². The molecule has 1 aliphatic heterocycles. The Bertz CT molecular complexity index is 1140. The van der Waals surface area contributed by atoms with Crippen LogP contribution in [-0.2, 0) is 6.54 Å². The number of para-hydroxylation sites is 1. The van der Waals surface area contributed by atoms with E-state index in [2.05, 4.69) is 34.3 Å². The molecule has 1 N–H and O–H groups in total. The van der Waals surface area contributed by atoms with Crippen LogP contribution >= 0.6 is 22.7 Å². The Kier molecular flexibility index (Phi) is 4.26. The van der Waals surface area contributed by atoms with Gasteiger partial charge in [0.2, 0.25) is 4.96 Å². The Morgan fingerprint density at radius 3 is 2.81 bits per heavy atom. The van der Waals surface area contributed by atoms with E-state index in [0.29, 0.717) is 10.9 Å². The summed E-state index contributed by atoms with van der Waals surface area (Å²) < 4.78 is 2.71. The number of likely N-dealkylation sites (tertiary alicyclic amines) is 1. The maximum atomic E-state index is 12.0. The zero-order valence-corrected chi connectivity index (χ0v) is 16.6. The molecule has 27 heavy (non-hydrogen) atoms. The van der Waals surface area contributed by atoms with Crippen molar-refractivity contribution in [2.45, 2.75) is 32.2 Å². The number of quaternary nitrogens is 1. The molecule has 0 spiro atoms. The smallest absolute Gasteiger partial charge is 0.275 e. The van der Waals surface area contributed by atoms with Gasteiger partial charge in [0.1, 0.15) is 6.54 Å². The van der Waals surface area contributed by atoms with Gasteiger partial charge in [-0.25, -0.2) is 9.97 Å². The molecule has 0 saturated carbocycles. The number of thiazole rings is 1. The molecule has 4 heterocycles. The first-order valence-electron chi connectivity index (χ1n) is 9.21. The van der Waals surface area contributed by atoms with Gasteiger partial charge in [-0.05, 0) is 19.1 Å². The summed E-state index contributed by atoms with van der Waals surface area (Å²) in [6.07, 6.45) is 2.30. The van der Waals surface area contributed by atoms with E-state index >= 15 is 0 Å². The Morgan fingerprint density at radius 1 is 1.19 bits per heavy atom. The summed E-state index contributed by atoms with van der Waals surface area (Å²) in [5.74, 6) is 0.563. The van der Waals surface area contributed by atoms with E-state index in [1.807, 2.05) is 18.3 Å². The van der Waals surface area contributed by atoms with Gasteiger partial charge in [-0.3, -0.25) is 4.79 Å². The summed E-state index contributed by atoms with van der Waals surface area (Å²) >= 11 is 3.37. The number of aromatic nitrogens is 4. The minimum atomic E-state index is -0.0930. The molecule has 1 fully saturated rings. The predicted octanol–water partition coefficient (Wildman–Crippen LogP) is 2.03. The van der Waals surface area contributed by atoms with Crippen molar-refractivity contribution < 1.29 is 4.90 Å². The summed E-state index contributed by atoms with van der Waals surface area (Å²) in [5, 5.41) is 6.75. The Balaban J connectivity index is 1.28. The average molecular weight is 399 g/mol. The highest BCUT2D eigenvalue weighted by Crippen LogP contribution is 2.31. The maximum absolute atomic E-state index is 12.0. The number of fused-ring (bicyclic) bond motifs is 2. The summed E-state index contributed by atoms with van der Waals surface area (Å²) in [7, 11) is 0. The van der Waals surface area contributed by atoms with Gasteiger partial charge in [0.25, 0.3) is 5.56 Å². The summed E-state index contributed by atoms with van der Waals surface area (Å²) in [5.41, 5.74) is 1.78. The molecule has 138 valence electrons. The van der Waals surface area contributed by atoms with Gasteiger partial charge in [0.15, 0.2) is 5.01 Å². The van der Waals surface area contributed by atoms with Crippen LogP contribution in [0.1, 0.15) is 34.5 Å². The molecule has 0 amide bonds. The first-order valence-corrected chi connectivity index (χ1v) is 10.8. The van der Waals surface area contributed by atoms with Gasteiger partial charge in [0.05, 0.1) is 28.3 Å². The van der Waals surface area contributed by atoms with Crippen LogP contribution in [0.5, 0.6) is 0 Å². The van der Waals surface area contributed by atoms with Crippen LogP contribution in [0.3, 0.4) is 0 Å². The fraction of sp³-hybridized carbons (Fsp3) is 0.368. The lowest BCUT2D eigenvalue weighted by atomic mass is 9.97. The molecule has 6 nitrogen and oxygen atoms in total. The fourth-order valence-corrected chi connectivity index (χ4v) is 5.91. The van der Waals surface area contributed by atoms with Crippen LogP contribution < -0.4 is 10.5 Å². The van der Waals surface area contributed by atoms with E-state index in [-0.39, 0.29) is 5.56 Å². The third-order valence-electron chi connectivity index (χ3n) is 5.17. The lowest BCUT2D eigenvalue weighted by Crippen LogP contribution is -3.11. The second-order valence-electron chi connectivity index (χ2n) is 7.15. The SMILES string of the molecule is Cc1cc(=O)n2nc(C[NH+]3CCC(c4nc5ccccc5s4)CC3)sc2n1. The standard InChI is InChI=1S/C19H19N5OS2/c1-12-10-17(25)24-19(20-12)27-16(22-24)11-23-8-6-13(7-9-23)18-21-14-4-2-3-5-15(14)26-18/h2-5,10,13H,6-9,11H2,1H3/p+1. The third-order valence-corrected chi connectivity index (χ3v) is 7.28. The predicted molar refractivity (Wildman–Crippen MR) is 108 cm³/mol. The van der Waals surface area contributed by atoms with Gasteiger partial charge in [-0.1, -0.05) is 23.5 Å². The monoisotopic (exact) mass is 398 g/mol. The molecular weight excluding hydrogens is 378 g/mol.